The molecule has 0 bridgehead atoms. The number of rotatable bonds is 8. The summed E-state index contributed by atoms with van der Waals surface area (Å²) in [6, 6.07) is 0. The summed E-state index contributed by atoms with van der Waals surface area (Å²) in [5.74, 6) is -0.937. The quantitative estimate of drug-likeness (QED) is 0.463. The first kappa shape index (κ1) is 21.9. The molecule has 0 heterocycles. The van der Waals surface area contributed by atoms with Gasteiger partial charge in [-0.05, 0) is 45.6 Å². The van der Waals surface area contributed by atoms with Gasteiger partial charge in [0.25, 0.3) is 0 Å². The third-order valence-corrected chi connectivity index (χ3v) is 7.27. The summed E-state index contributed by atoms with van der Waals surface area (Å²) in [5.41, 5.74) is 4.46. The third-order valence-electron chi connectivity index (χ3n) is 4.16. The molecule has 0 aromatic carbocycles. The molecule has 0 aromatic heterocycles. The van der Waals surface area contributed by atoms with Gasteiger partial charge in [0.2, 0.25) is 0 Å². The van der Waals surface area contributed by atoms with Crippen LogP contribution >= 0.6 is 0 Å². The fourth-order valence-corrected chi connectivity index (χ4v) is 4.14. The van der Waals surface area contributed by atoms with Gasteiger partial charge >= 0.3 is 12.1 Å². The first-order valence-corrected chi connectivity index (χ1v) is 11.8. The molecular formula is C16H34N2O4Si. The first-order valence-electron chi connectivity index (χ1n) is 8.19. The Hall–Kier alpha value is -1.08. The summed E-state index contributed by atoms with van der Waals surface area (Å²) in [7, 11) is -1.67. The van der Waals surface area contributed by atoms with E-state index in [1.54, 1.807) is 20.8 Å². The number of amides is 1. The van der Waals surface area contributed by atoms with Crippen LogP contribution in [0.2, 0.25) is 25.2 Å². The minimum absolute atomic E-state index is 0.0358. The van der Waals surface area contributed by atoms with E-state index in [1.165, 1.54) is 0 Å². The van der Waals surface area contributed by atoms with Crippen LogP contribution in [0.3, 0.4) is 0 Å². The van der Waals surface area contributed by atoms with E-state index in [0.29, 0.717) is 25.8 Å². The van der Waals surface area contributed by atoms with Gasteiger partial charge in [0.15, 0.2) is 0 Å². The summed E-state index contributed by atoms with van der Waals surface area (Å²) in [4.78, 5) is 23.2. The molecule has 0 aliphatic heterocycles. The van der Waals surface area contributed by atoms with Crippen molar-refractivity contribution in [3.8, 4) is 0 Å². The Bertz CT molecular complexity index is 415. The van der Waals surface area contributed by atoms with E-state index >= 15 is 0 Å². The molecule has 6 nitrogen and oxygen atoms in total. The van der Waals surface area contributed by atoms with Crippen molar-refractivity contribution in [2.75, 3.05) is 6.54 Å². The SMILES string of the molecule is CC(C(N)(CCCCNC(=O)OC(C)(C)C)C(=O)O)[Si](C)(C)C. The summed E-state index contributed by atoms with van der Waals surface area (Å²) >= 11 is 0. The Morgan fingerprint density at radius 2 is 1.74 bits per heavy atom. The highest BCUT2D eigenvalue weighted by molar-refractivity contribution is 6.78. The van der Waals surface area contributed by atoms with Gasteiger partial charge in [-0.1, -0.05) is 26.6 Å². The maximum absolute atomic E-state index is 11.6. The van der Waals surface area contributed by atoms with Crippen molar-refractivity contribution in [1.29, 1.82) is 0 Å². The van der Waals surface area contributed by atoms with E-state index in [4.69, 9.17) is 10.5 Å². The molecular weight excluding hydrogens is 312 g/mol. The van der Waals surface area contributed by atoms with Gasteiger partial charge in [-0.15, -0.1) is 0 Å². The lowest BCUT2D eigenvalue weighted by molar-refractivity contribution is -0.143. The number of carboxylic acids is 1. The molecule has 0 saturated carbocycles. The number of nitrogens with one attached hydrogen (secondary N) is 1. The van der Waals surface area contributed by atoms with Gasteiger partial charge in [-0.3, -0.25) is 4.79 Å². The van der Waals surface area contributed by atoms with Crippen molar-refractivity contribution in [2.45, 2.75) is 83.3 Å². The lowest BCUT2D eigenvalue weighted by atomic mass is 9.90. The fourth-order valence-electron chi connectivity index (χ4n) is 2.33. The van der Waals surface area contributed by atoms with Crippen molar-refractivity contribution in [3.05, 3.63) is 0 Å². The number of carbonyl (C=O) groups is 2. The standard InChI is InChI=1S/C16H34N2O4Si/c1-12(23(5,6)7)16(17,13(19)20)10-8-9-11-18-14(21)22-15(2,3)4/h12H,8-11,17H2,1-7H3,(H,18,21)(H,19,20). The van der Waals surface area contributed by atoms with Crippen molar-refractivity contribution in [3.63, 3.8) is 0 Å². The Morgan fingerprint density at radius 1 is 1.22 bits per heavy atom. The van der Waals surface area contributed by atoms with Crippen LogP contribution in [0.1, 0.15) is 47.0 Å². The molecule has 0 rings (SSSR count). The highest BCUT2D eigenvalue weighted by Crippen LogP contribution is 2.34. The van der Waals surface area contributed by atoms with Crippen molar-refractivity contribution < 1.29 is 19.4 Å². The monoisotopic (exact) mass is 346 g/mol. The Morgan fingerprint density at radius 3 is 2.13 bits per heavy atom. The van der Waals surface area contributed by atoms with Gasteiger partial charge in [0.1, 0.15) is 11.1 Å². The maximum atomic E-state index is 11.6. The van der Waals surface area contributed by atoms with E-state index in [1.807, 2.05) is 6.92 Å². The fraction of sp³-hybridized carbons (Fsp3) is 0.875. The summed E-state index contributed by atoms with van der Waals surface area (Å²) in [5, 5.41) is 12.2. The van der Waals surface area contributed by atoms with E-state index in [2.05, 4.69) is 25.0 Å². The zero-order valence-corrected chi connectivity index (χ0v) is 16.7. The van der Waals surface area contributed by atoms with E-state index < -0.39 is 31.3 Å². The van der Waals surface area contributed by atoms with Crippen molar-refractivity contribution >= 4 is 20.1 Å². The second-order valence-electron chi connectivity index (χ2n) is 8.32. The topological polar surface area (TPSA) is 102 Å². The average Bonchev–Trinajstić information content (AvgIpc) is 2.33. The molecule has 0 aliphatic rings. The molecule has 2 atom stereocenters. The summed E-state index contributed by atoms with van der Waals surface area (Å²) < 4.78 is 5.14. The van der Waals surface area contributed by atoms with Crippen LogP contribution in [-0.4, -0.2) is 42.9 Å². The number of alkyl carbamates (subject to hydrolysis) is 1. The van der Waals surface area contributed by atoms with E-state index in [-0.39, 0.29) is 5.54 Å². The molecule has 0 fully saturated rings. The normalized spacial score (nSPS) is 16.3. The highest BCUT2D eigenvalue weighted by atomic mass is 28.3. The number of aliphatic carboxylic acids is 1. The summed E-state index contributed by atoms with van der Waals surface area (Å²) in [6.45, 7) is 14.2. The van der Waals surface area contributed by atoms with Gasteiger partial charge in [-0.25, -0.2) is 4.79 Å². The van der Waals surface area contributed by atoms with Gasteiger partial charge in [0.05, 0.1) is 0 Å². The molecule has 0 aliphatic carbocycles. The van der Waals surface area contributed by atoms with Crippen LogP contribution in [0, 0.1) is 0 Å². The van der Waals surface area contributed by atoms with Gasteiger partial charge < -0.3 is 20.9 Å². The predicted octanol–water partition coefficient (Wildman–Crippen LogP) is 3.19. The first-order chi connectivity index (χ1) is 10.2. The van der Waals surface area contributed by atoms with Gasteiger partial charge in [-0.2, -0.15) is 0 Å². The number of ether oxygens (including phenoxy) is 1. The van der Waals surface area contributed by atoms with Crippen molar-refractivity contribution in [1.82, 2.24) is 5.32 Å². The third kappa shape index (κ3) is 7.83. The molecule has 136 valence electrons. The minimum Gasteiger partial charge on any atom is -0.480 e. The lowest BCUT2D eigenvalue weighted by Gasteiger charge is -2.38. The second-order valence-corrected chi connectivity index (χ2v) is 13.9. The number of carboxylic acid groups (broad SMARTS) is 1. The van der Waals surface area contributed by atoms with Crippen molar-refractivity contribution in [2.24, 2.45) is 5.73 Å². The number of carbonyl (C=O) groups excluding carboxylic acids is 1. The zero-order valence-electron chi connectivity index (χ0n) is 15.7. The molecule has 0 aromatic rings. The number of nitrogens with two attached hydrogens (primary N) is 1. The molecule has 23 heavy (non-hydrogen) atoms. The molecule has 0 radical (unpaired) electrons. The van der Waals surface area contributed by atoms with Crippen LogP contribution in [0.5, 0.6) is 0 Å². The molecule has 0 saturated heterocycles. The van der Waals surface area contributed by atoms with Crippen LogP contribution in [0.4, 0.5) is 4.79 Å². The molecule has 2 unspecified atom stereocenters. The number of unbranched alkanes of at least 4 members (excludes halogenated alkanes) is 1. The minimum atomic E-state index is -1.67. The van der Waals surface area contributed by atoms with E-state index in [9.17, 15) is 14.7 Å². The largest absolute Gasteiger partial charge is 0.480 e. The Balaban J connectivity index is 4.37. The van der Waals surface area contributed by atoms with Gasteiger partial charge in [0, 0.05) is 14.6 Å². The number of hydrogen-bond donors (Lipinski definition) is 3. The lowest BCUT2D eigenvalue weighted by Crippen LogP contribution is -2.56. The Labute approximate surface area is 141 Å². The molecule has 4 N–H and O–H groups in total. The number of hydrogen-bond acceptors (Lipinski definition) is 4. The van der Waals surface area contributed by atoms with Crippen LogP contribution < -0.4 is 11.1 Å². The van der Waals surface area contributed by atoms with E-state index in [0.717, 1.165) is 0 Å². The molecule has 7 heteroatoms. The molecule has 0 spiro atoms. The average molecular weight is 347 g/mol. The zero-order chi connectivity index (χ0) is 18.5. The second kappa shape index (κ2) is 8.15. The Kier molecular flexibility index (Phi) is 7.76. The maximum Gasteiger partial charge on any atom is 0.407 e. The van der Waals surface area contributed by atoms with Crippen LogP contribution in [0.25, 0.3) is 0 Å². The molecule has 1 amide bonds. The van der Waals surface area contributed by atoms with Crippen LogP contribution in [0.15, 0.2) is 0 Å². The predicted molar refractivity (Wildman–Crippen MR) is 95.4 cm³/mol. The smallest absolute Gasteiger partial charge is 0.407 e. The highest BCUT2D eigenvalue weighted by Gasteiger charge is 2.45. The van der Waals surface area contributed by atoms with Crippen LogP contribution in [-0.2, 0) is 9.53 Å². The summed E-state index contributed by atoms with van der Waals surface area (Å²) in [6.07, 6.45) is 1.27.